The number of carbonyl (C=O) groups excluding carboxylic acids is 1. The highest BCUT2D eigenvalue weighted by molar-refractivity contribution is 7.98. The number of carboxylic acid groups (broad SMARTS) is 1. The summed E-state index contributed by atoms with van der Waals surface area (Å²) in [7, 11) is 0. The maximum Gasteiger partial charge on any atom is 0.326 e. The minimum Gasteiger partial charge on any atom is -0.616 e. The Morgan fingerprint density at radius 2 is 1.90 bits per heavy atom. The fraction of sp³-hybridized carbons (Fsp3) is 0.733. The van der Waals surface area contributed by atoms with Gasteiger partial charge in [0.1, 0.15) is 17.0 Å². The van der Waals surface area contributed by atoms with Gasteiger partial charge in [0.25, 0.3) is 0 Å². The maximum atomic E-state index is 12.3. The number of nitrogens with one attached hydrogen (secondary N) is 1. The average Bonchev–Trinajstić information content (AvgIpc) is 3.62. The first kappa shape index (κ1) is 34.6. The molecular formula is C30H50N2O6S2. The SMILES string of the molecule is CCCCCCCC[S+]([O-])C(C)Cc1ccc2c(c1)OCO2.CCN1CCCC1C(=O)N[C@@H](CCSC)C(=O)O. The van der Waals surface area contributed by atoms with Crippen molar-refractivity contribution in [1.82, 2.24) is 10.2 Å². The van der Waals surface area contributed by atoms with Gasteiger partial charge in [0.05, 0.1) is 6.04 Å². The molecule has 228 valence electrons. The van der Waals surface area contributed by atoms with Gasteiger partial charge in [-0.05, 0) is 81.8 Å². The fourth-order valence-electron chi connectivity index (χ4n) is 4.98. The van der Waals surface area contributed by atoms with Crippen molar-refractivity contribution in [3.63, 3.8) is 0 Å². The highest BCUT2D eigenvalue weighted by atomic mass is 32.2. The van der Waals surface area contributed by atoms with Crippen LogP contribution in [0.15, 0.2) is 18.2 Å². The Labute approximate surface area is 248 Å². The van der Waals surface area contributed by atoms with Gasteiger partial charge in [-0.1, -0.05) is 56.8 Å². The second-order valence-corrected chi connectivity index (χ2v) is 13.5. The van der Waals surface area contributed by atoms with Gasteiger partial charge in [-0.15, -0.1) is 0 Å². The number of nitrogens with zero attached hydrogens (tertiary/aromatic N) is 1. The molecule has 0 spiro atoms. The van der Waals surface area contributed by atoms with Crippen molar-refractivity contribution in [2.75, 3.05) is 37.6 Å². The topological polar surface area (TPSA) is 111 Å². The smallest absolute Gasteiger partial charge is 0.326 e. The number of rotatable bonds is 17. The van der Waals surface area contributed by atoms with Crippen molar-refractivity contribution < 1.29 is 28.7 Å². The van der Waals surface area contributed by atoms with Crippen molar-refractivity contribution in [2.45, 2.75) is 102 Å². The second-order valence-electron chi connectivity index (χ2n) is 10.5. The van der Waals surface area contributed by atoms with Crippen LogP contribution in [0.25, 0.3) is 0 Å². The van der Waals surface area contributed by atoms with Gasteiger partial charge >= 0.3 is 5.97 Å². The van der Waals surface area contributed by atoms with E-state index in [1.54, 1.807) is 11.8 Å². The third-order valence-corrected chi connectivity index (χ3v) is 9.80. The van der Waals surface area contributed by atoms with Gasteiger partial charge in [0.15, 0.2) is 11.5 Å². The number of carbonyl (C=O) groups is 2. The third kappa shape index (κ3) is 12.1. The first-order valence-electron chi connectivity index (χ1n) is 14.8. The van der Waals surface area contributed by atoms with Crippen LogP contribution in [-0.4, -0.2) is 81.4 Å². The zero-order valence-corrected chi connectivity index (χ0v) is 26.5. The summed E-state index contributed by atoms with van der Waals surface area (Å²) in [5, 5.41) is 11.9. The van der Waals surface area contributed by atoms with Gasteiger partial charge in [-0.3, -0.25) is 9.69 Å². The molecule has 0 saturated carbocycles. The molecule has 8 nitrogen and oxygen atoms in total. The Morgan fingerprint density at radius 1 is 1.18 bits per heavy atom. The Balaban J connectivity index is 0.000000286. The van der Waals surface area contributed by atoms with Gasteiger partial charge < -0.3 is 24.4 Å². The van der Waals surface area contributed by atoms with Crippen LogP contribution >= 0.6 is 11.8 Å². The summed E-state index contributed by atoms with van der Waals surface area (Å²) in [5.41, 5.74) is 1.17. The number of fused-ring (bicyclic) bond motifs is 1. The molecule has 0 aromatic heterocycles. The lowest BCUT2D eigenvalue weighted by molar-refractivity contribution is -0.142. The molecule has 40 heavy (non-hydrogen) atoms. The molecule has 2 N–H and O–H groups in total. The van der Waals surface area contributed by atoms with E-state index in [4.69, 9.17) is 14.6 Å². The predicted octanol–water partition coefficient (Wildman–Crippen LogP) is 5.25. The Bertz CT molecular complexity index is 890. The molecule has 2 heterocycles. The predicted molar refractivity (Wildman–Crippen MR) is 165 cm³/mol. The quantitative estimate of drug-likeness (QED) is 0.185. The minimum absolute atomic E-state index is 0.136. The first-order chi connectivity index (χ1) is 19.3. The number of hydrogen-bond acceptors (Lipinski definition) is 7. The number of unbranched alkanes of at least 4 members (excludes halogenated alkanes) is 5. The summed E-state index contributed by atoms with van der Waals surface area (Å²) in [6.45, 7) is 8.40. The molecule has 2 aliphatic rings. The molecule has 1 amide bonds. The van der Waals surface area contributed by atoms with Crippen LogP contribution in [0.2, 0.25) is 0 Å². The van der Waals surface area contributed by atoms with Gasteiger partial charge in [-0.2, -0.15) is 11.8 Å². The number of carboxylic acids is 1. The van der Waals surface area contributed by atoms with Crippen molar-refractivity contribution in [3.8, 4) is 11.5 Å². The lowest BCUT2D eigenvalue weighted by atomic mass is 10.1. The second kappa shape index (κ2) is 19.5. The Hall–Kier alpha value is -1.62. The molecule has 0 radical (unpaired) electrons. The molecule has 0 bridgehead atoms. The molecule has 3 unspecified atom stereocenters. The van der Waals surface area contributed by atoms with E-state index in [1.165, 1.54) is 37.7 Å². The number of hydrogen-bond donors (Lipinski definition) is 2. The number of likely N-dealkylation sites (tertiary alicyclic amines) is 1. The van der Waals surface area contributed by atoms with Crippen LogP contribution in [0, 0.1) is 0 Å². The maximum absolute atomic E-state index is 12.3. The normalized spacial score (nSPS) is 18.5. The van der Waals surface area contributed by atoms with Crippen LogP contribution < -0.4 is 14.8 Å². The van der Waals surface area contributed by atoms with E-state index < -0.39 is 23.2 Å². The summed E-state index contributed by atoms with van der Waals surface area (Å²) in [6, 6.07) is 5.10. The highest BCUT2D eigenvalue weighted by Gasteiger charge is 2.31. The molecule has 1 fully saturated rings. The summed E-state index contributed by atoms with van der Waals surface area (Å²) < 4.78 is 23.0. The average molecular weight is 599 g/mol. The molecule has 1 aromatic carbocycles. The number of aliphatic carboxylic acids is 1. The van der Waals surface area contributed by atoms with E-state index in [1.807, 2.05) is 31.4 Å². The van der Waals surface area contributed by atoms with Crippen LogP contribution in [0.1, 0.15) is 84.1 Å². The van der Waals surface area contributed by atoms with E-state index in [0.29, 0.717) is 13.2 Å². The lowest BCUT2D eigenvalue weighted by Gasteiger charge is -2.23. The summed E-state index contributed by atoms with van der Waals surface area (Å²) >= 11 is 0.844. The van der Waals surface area contributed by atoms with Crippen molar-refractivity contribution >= 4 is 34.8 Å². The molecule has 1 saturated heterocycles. The van der Waals surface area contributed by atoms with E-state index in [-0.39, 0.29) is 17.2 Å². The number of thioether (sulfide) groups is 1. The largest absolute Gasteiger partial charge is 0.616 e. The standard InChI is InChI=1S/C18H28O3S.C12H22N2O3S/c1-3-4-5-6-7-8-11-22(19)15(2)12-16-9-10-17-18(13-16)21-14-20-17;1-3-14-7-4-5-10(14)11(15)13-9(12(16)17)6-8-18-2/h9-10,13,15H,3-8,11-12,14H2,1-2H3;9-10H,3-8H2,1-2H3,(H,13,15)(H,16,17)/t;9-,10?/m.0/s1. The molecule has 4 atom stereocenters. The molecular weight excluding hydrogens is 548 g/mol. The van der Waals surface area contributed by atoms with Crippen molar-refractivity contribution in [3.05, 3.63) is 23.8 Å². The van der Waals surface area contributed by atoms with Crippen LogP contribution in [0.4, 0.5) is 0 Å². The zero-order chi connectivity index (χ0) is 29.3. The van der Waals surface area contributed by atoms with E-state index in [0.717, 1.165) is 61.8 Å². The summed E-state index contributed by atoms with van der Waals surface area (Å²) in [5.74, 6) is 2.11. The minimum atomic E-state index is -0.946. The fourth-order valence-corrected chi connectivity index (χ4v) is 6.72. The summed E-state index contributed by atoms with van der Waals surface area (Å²) in [6.07, 6.45) is 12.6. The molecule has 0 aliphatic carbocycles. The molecule has 3 rings (SSSR count). The van der Waals surface area contributed by atoms with Crippen LogP contribution in [0.3, 0.4) is 0 Å². The lowest BCUT2D eigenvalue weighted by Crippen LogP contribution is -2.49. The Kier molecular flexibility index (Phi) is 16.9. The molecule has 10 heteroatoms. The van der Waals surface area contributed by atoms with Crippen LogP contribution in [0.5, 0.6) is 11.5 Å². The molecule has 2 aliphatic heterocycles. The van der Waals surface area contributed by atoms with E-state index in [2.05, 4.69) is 24.1 Å². The monoisotopic (exact) mass is 598 g/mol. The number of amides is 1. The van der Waals surface area contributed by atoms with Crippen LogP contribution in [-0.2, 0) is 27.2 Å². The molecule has 1 aromatic rings. The van der Waals surface area contributed by atoms with Gasteiger partial charge in [0, 0.05) is 6.42 Å². The van der Waals surface area contributed by atoms with Crippen molar-refractivity contribution in [2.24, 2.45) is 0 Å². The summed E-state index contributed by atoms with van der Waals surface area (Å²) in [4.78, 5) is 25.2. The number of benzene rings is 1. The zero-order valence-electron chi connectivity index (χ0n) is 24.8. The van der Waals surface area contributed by atoms with Gasteiger partial charge in [-0.25, -0.2) is 4.79 Å². The first-order valence-corrected chi connectivity index (χ1v) is 17.6. The number of likely N-dealkylation sites (N-methyl/N-ethyl adjacent to an activating group) is 1. The van der Waals surface area contributed by atoms with Crippen molar-refractivity contribution in [1.29, 1.82) is 0 Å². The third-order valence-electron chi connectivity index (χ3n) is 7.41. The van der Waals surface area contributed by atoms with E-state index in [9.17, 15) is 14.1 Å². The van der Waals surface area contributed by atoms with Gasteiger partial charge in [0.2, 0.25) is 12.7 Å². The van der Waals surface area contributed by atoms with E-state index >= 15 is 0 Å². The highest BCUT2D eigenvalue weighted by Crippen LogP contribution is 2.33. The Morgan fingerprint density at radius 3 is 2.60 bits per heavy atom. The number of ether oxygens (including phenoxy) is 2.